The summed E-state index contributed by atoms with van der Waals surface area (Å²) in [6.45, 7) is 0.675. The second kappa shape index (κ2) is 3.76. The van der Waals surface area contributed by atoms with Crippen LogP contribution in [0, 0.1) is 0 Å². The molecule has 0 radical (unpaired) electrons. The molecule has 2 rings (SSSR count). The number of nitrogens with zero attached hydrogens (tertiary/aromatic N) is 3. The van der Waals surface area contributed by atoms with Crippen molar-refractivity contribution >= 4 is 17.4 Å². The van der Waals surface area contributed by atoms with E-state index in [0.29, 0.717) is 6.54 Å². The molecular weight excluding hydrogens is 184 g/mol. The molecule has 4 nitrogen and oxygen atoms in total. The molecule has 13 heavy (non-hydrogen) atoms. The first-order valence-electron chi connectivity index (χ1n) is 4.03. The van der Waals surface area contributed by atoms with E-state index >= 15 is 0 Å². The highest BCUT2D eigenvalue weighted by Gasteiger charge is 1.97. The normalized spacial score (nSPS) is 10.8. The maximum atomic E-state index is 5.40. The van der Waals surface area contributed by atoms with Crippen LogP contribution in [0.4, 0.5) is 0 Å². The van der Waals surface area contributed by atoms with Crippen molar-refractivity contribution in [1.29, 1.82) is 0 Å². The highest BCUT2D eigenvalue weighted by molar-refractivity contribution is 7.99. The molecule has 0 spiro atoms. The van der Waals surface area contributed by atoms with Crippen molar-refractivity contribution in [3.05, 3.63) is 24.5 Å². The highest BCUT2D eigenvalue weighted by atomic mass is 32.2. The lowest BCUT2D eigenvalue weighted by Gasteiger charge is -1.98. The van der Waals surface area contributed by atoms with Crippen LogP contribution >= 0.6 is 11.8 Å². The summed E-state index contributed by atoms with van der Waals surface area (Å²) in [6, 6.07) is 3.91. The van der Waals surface area contributed by atoms with Crippen molar-refractivity contribution in [2.45, 2.75) is 5.03 Å². The summed E-state index contributed by atoms with van der Waals surface area (Å²) in [5.41, 5.74) is 6.27. The Hall–Kier alpha value is -1.07. The van der Waals surface area contributed by atoms with Crippen LogP contribution in [0.5, 0.6) is 0 Å². The first-order valence-corrected chi connectivity index (χ1v) is 5.02. The Morgan fingerprint density at radius 1 is 1.46 bits per heavy atom. The Kier molecular flexibility index (Phi) is 2.47. The van der Waals surface area contributed by atoms with E-state index in [-0.39, 0.29) is 0 Å². The molecule has 2 N–H and O–H groups in total. The van der Waals surface area contributed by atoms with Crippen molar-refractivity contribution < 1.29 is 0 Å². The van der Waals surface area contributed by atoms with Crippen LogP contribution in [0.15, 0.2) is 29.6 Å². The number of fused-ring (bicyclic) bond motifs is 1. The third-order valence-electron chi connectivity index (χ3n) is 1.60. The van der Waals surface area contributed by atoms with Gasteiger partial charge in [-0.15, -0.1) is 11.8 Å². The summed E-state index contributed by atoms with van der Waals surface area (Å²) in [5, 5.41) is 5.32. The van der Waals surface area contributed by atoms with E-state index in [0.717, 1.165) is 16.4 Å². The number of hydrogen-bond acceptors (Lipinski definition) is 4. The number of imidazole rings is 1. The highest BCUT2D eigenvalue weighted by Crippen LogP contribution is 2.13. The van der Waals surface area contributed by atoms with Gasteiger partial charge in [-0.2, -0.15) is 5.10 Å². The molecule has 5 heteroatoms. The van der Waals surface area contributed by atoms with E-state index in [1.165, 1.54) is 0 Å². The number of nitrogens with two attached hydrogens (primary N) is 1. The zero-order chi connectivity index (χ0) is 9.10. The van der Waals surface area contributed by atoms with Crippen LogP contribution in [0.2, 0.25) is 0 Å². The van der Waals surface area contributed by atoms with Crippen LogP contribution < -0.4 is 5.73 Å². The number of aromatic nitrogens is 3. The molecule has 68 valence electrons. The van der Waals surface area contributed by atoms with Crippen molar-refractivity contribution in [2.75, 3.05) is 12.3 Å². The minimum absolute atomic E-state index is 0.675. The maximum Gasteiger partial charge on any atom is 0.153 e. The van der Waals surface area contributed by atoms with Gasteiger partial charge in [-0.05, 0) is 12.1 Å². The van der Waals surface area contributed by atoms with E-state index < -0.39 is 0 Å². The van der Waals surface area contributed by atoms with Gasteiger partial charge in [0.2, 0.25) is 0 Å². The molecule has 0 fully saturated rings. The molecule has 2 aromatic rings. The topological polar surface area (TPSA) is 56.2 Å². The standard InChI is InChI=1S/C8H10N4S/c9-3-6-13-8-2-1-7-10-4-5-12(7)11-8/h1-2,4-5H,3,6,9H2. The fourth-order valence-corrected chi connectivity index (χ4v) is 1.68. The van der Waals surface area contributed by atoms with Gasteiger partial charge in [-0.3, -0.25) is 0 Å². The molecule has 0 saturated heterocycles. The summed E-state index contributed by atoms with van der Waals surface area (Å²) in [7, 11) is 0. The lowest BCUT2D eigenvalue weighted by atomic mass is 10.6. The van der Waals surface area contributed by atoms with Crippen LogP contribution in [0.3, 0.4) is 0 Å². The minimum Gasteiger partial charge on any atom is -0.330 e. The van der Waals surface area contributed by atoms with E-state index in [1.807, 2.05) is 18.3 Å². The molecule has 2 heterocycles. The molecule has 0 atom stereocenters. The van der Waals surface area contributed by atoms with Gasteiger partial charge in [-0.1, -0.05) is 0 Å². The fraction of sp³-hybridized carbons (Fsp3) is 0.250. The minimum atomic E-state index is 0.675. The summed E-state index contributed by atoms with van der Waals surface area (Å²) in [4.78, 5) is 4.11. The van der Waals surface area contributed by atoms with Gasteiger partial charge in [0.05, 0.1) is 0 Å². The third kappa shape index (κ3) is 1.81. The van der Waals surface area contributed by atoms with Gasteiger partial charge < -0.3 is 5.73 Å². The number of rotatable bonds is 3. The monoisotopic (exact) mass is 194 g/mol. The summed E-state index contributed by atoms with van der Waals surface area (Å²) >= 11 is 1.65. The molecule has 0 aliphatic rings. The molecule has 0 bridgehead atoms. The van der Waals surface area contributed by atoms with Crippen molar-refractivity contribution in [3.8, 4) is 0 Å². The van der Waals surface area contributed by atoms with Crippen molar-refractivity contribution in [2.24, 2.45) is 5.73 Å². The first kappa shape index (κ1) is 8.52. The molecule has 2 aromatic heterocycles. The molecule has 0 unspecified atom stereocenters. The molecule has 0 amide bonds. The Labute approximate surface area is 80.2 Å². The summed E-state index contributed by atoms with van der Waals surface area (Å²) < 4.78 is 1.76. The molecular formula is C8H10N4S. The van der Waals surface area contributed by atoms with Crippen LogP contribution in [-0.2, 0) is 0 Å². The molecule has 0 aliphatic heterocycles. The molecule has 0 aromatic carbocycles. The van der Waals surface area contributed by atoms with E-state index in [9.17, 15) is 0 Å². The van der Waals surface area contributed by atoms with Gasteiger partial charge in [0.15, 0.2) is 5.65 Å². The maximum absolute atomic E-state index is 5.40. The Bertz CT molecular complexity index is 398. The Morgan fingerprint density at radius 3 is 3.23 bits per heavy atom. The average Bonchev–Trinajstić information content (AvgIpc) is 2.61. The van der Waals surface area contributed by atoms with E-state index in [2.05, 4.69) is 10.1 Å². The van der Waals surface area contributed by atoms with Crippen LogP contribution in [-0.4, -0.2) is 26.9 Å². The van der Waals surface area contributed by atoms with Crippen molar-refractivity contribution in [3.63, 3.8) is 0 Å². The SMILES string of the molecule is NCCSc1ccc2nccn2n1. The Balaban J connectivity index is 2.26. The van der Waals surface area contributed by atoms with Crippen molar-refractivity contribution in [1.82, 2.24) is 14.6 Å². The van der Waals surface area contributed by atoms with Gasteiger partial charge >= 0.3 is 0 Å². The number of hydrogen-bond donors (Lipinski definition) is 1. The predicted molar refractivity (Wildman–Crippen MR) is 52.8 cm³/mol. The third-order valence-corrected chi connectivity index (χ3v) is 2.55. The molecule has 0 saturated carbocycles. The first-order chi connectivity index (χ1) is 6.40. The number of thioether (sulfide) groups is 1. The zero-order valence-corrected chi connectivity index (χ0v) is 7.87. The quantitative estimate of drug-likeness (QED) is 0.734. The second-order valence-electron chi connectivity index (χ2n) is 2.54. The second-order valence-corrected chi connectivity index (χ2v) is 3.65. The lowest BCUT2D eigenvalue weighted by Crippen LogP contribution is -2.02. The Morgan fingerprint density at radius 2 is 2.38 bits per heavy atom. The van der Waals surface area contributed by atoms with Crippen LogP contribution in [0.25, 0.3) is 5.65 Å². The predicted octanol–water partition coefficient (Wildman–Crippen LogP) is 0.780. The van der Waals surface area contributed by atoms with Gasteiger partial charge in [0.25, 0.3) is 0 Å². The van der Waals surface area contributed by atoms with E-state index in [4.69, 9.17) is 5.73 Å². The smallest absolute Gasteiger partial charge is 0.153 e. The van der Waals surface area contributed by atoms with E-state index in [1.54, 1.807) is 22.5 Å². The summed E-state index contributed by atoms with van der Waals surface area (Å²) in [5.74, 6) is 0.896. The van der Waals surface area contributed by atoms with Gasteiger partial charge in [0, 0.05) is 24.7 Å². The van der Waals surface area contributed by atoms with Crippen LogP contribution in [0.1, 0.15) is 0 Å². The average molecular weight is 194 g/mol. The fourth-order valence-electron chi connectivity index (χ4n) is 1.04. The van der Waals surface area contributed by atoms with Gasteiger partial charge in [0.1, 0.15) is 5.03 Å². The molecule has 0 aliphatic carbocycles. The zero-order valence-electron chi connectivity index (χ0n) is 7.05. The largest absolute Gasteiger partial charge is 0.330 e. The van der Waals surface area contributed by atoms with Gasteiger partial charge in [-0.25, -0.2) is 9.50 Å². The lowest BCUT2D eigenvalue weighted by molar-refractivity contribution is 0.858. The summed E-state index contributed by atoms with van der Waals surface area (Å²) in [6.07, 6.45) is 3.57.